The molecule has 0 bridgehead atoms. The third-order valence-electron chi connectivity index (χ3n) is 4.33. The first-order valence-electron chi connectivity index (χ1n) is 9.70. The number of aromatic nitrogens is 2. The molecule has 1 aromatic heterocycles. The van der Waals surface area contributed by atoms with E-state index in [2.05, 4.69) is 13.1 Å². The first kappa shape index (κ1) is 31.6. The zero-order chi connectivity index (χ0) is 27.3. The van der Waals surface area contributed by atoms with Crippen LogP contribution in [0.25, 0.3) is 0 Å². The van der Waals surface area contributed by atoms with Crippen molar-refractivity contribution < 1.29 is 61.1 Å². The molecule has 3 unspecified atom stereocenters. The summed E-state index contributed by atoms with van der Waals surface area (Å²) in [6.07, 6.45) is -1.05. The van der Waals surface area contributed by atoms with Gasteiger partial charge < -0.3 is 29.4 Å². The normalized spacial score (nSPS) is 23.8. The summed E-state index contributed by atoms with van der Waals surface area (Å²) in [6.45, 7) is -0.943. The van der Waals surface area contributed by atoms with Crippen LogP contribution in [0.3, 0.4) is 0 Å². The average Bonchev–Trinajstić information content (AvgIpc) is 3.07. The SMILES string of the molecule is CSSCCCC(=O)n1c(=O)ccn([C@H]2CC(O)[C@@H](COP(=O)(O)OP(=O)(O)OP(=O)(O)O)O2)c1=O. The molecule has 1 fully saturated rings. The molecule has 0 amide bonds. The number of phosphoric ester groups is 1. The number of carbonyl (C=O) groups is 1. The van der Waals surface area contributed by atoms with Crippen LogP contribution in [-0.4, -0.2) is 70.5 Å². The van der Waals surface area contributed by atoms with Gasteiger partial charge in [-0.3, -0.25) is 18.7 Å². The number of aliphatic hydroxyl groups excluding tert-OH is 1. The summed E-state index contributed by atoms with van der Waals surface area (Å²) < 4.78 is 52.2. The Morgan fingerprint density at radius 3 is 2.44 bits per heavy atom. The summed E-state index contributed by atoms with van der Waals surface area (Å²) in [6, 6.07) is 0.949. The molecule has 36 heavy (non-hydrogen) atoms. The lowest BCUT2D eigenvalue weighted by atomic mass is 10.2. The summed E-state index contributed by atoms with van der Waals surface area (Å²) in [5.41, 5.74) is -1.89. The number of nitrogens with zero attached hydrogens (tertiary/aromatic N) is 2. The molecule has 5 atom stereocenters. The van der Waals surface area contributed by atoms with Gasteiger partial charge in [-0.05, 0) is 12.7 Å². The fourth-order valence-electron chi connectivity index (χ4n) is 2.93. The molecular weight excluding hydrogens is 593 g/mol. The van der Waals surface area contributed by atoms with Crippen molar-refractivity contribution in [2.24, 2.45) is 0 Å². The van der Waals surface area contributed by atoms with Gasteiger partial charge in [-0.1, -0.05) is 21.6 Å². The molecule has 1 aliphatic rings. The van der Waals surface area contributed by atoms with Gasteiger partial charge in [0.15, 0.2) is 0 Å². The molecule has 5 N–H and O–H groups in total. The number of phosphoric acid groups is 3. The first-order valence-corrected chi connectivity index (χ1v) is 16.9. The zero-order valence-corrected chi connectivity index (χ0v) is 22.6. The number of rotatable bonds is 13. The monoisotopic (exact) mass is 616 g/mol. The molecule has 1 aromatic rings. The van der Waals surface area contributed by atoms with Crippen LogP contribution >= 0.6 is 45.1 Å². The Bertz CT molecular complexity index is 1200. The highest BCUT2D eigenvalue weighted by Gasteiger charge is 2.43. The van der Waals surface area contributed by atoms with Crippen LogP contribution in [0.15, 0.2) is 21.9 Å². The largest absolute Gasteiger partial charge is 0.490 e. The Kier molecular flexibility index (Phi) is 11.4. The predicted octanol–water partition coefficient (Wildman–Crippen LogP) is 0.433. The van der Waals surface area contributed by atoms with Gasteiger partial charge >= 0.3 is 29.2 Å². The Balaban J connectivity index is 2.08. The lowest BCUT2D eigenvalue weighted by Crippen LogP contribution is -2.44. The van der Waals surface area contributed by atoms with Gasteiger partial charge in [0.1, 0.15) is 12.3 Å². The van der Waals surface area contributed by atoms with Crippen LogP contribution in [0.4, 0.5) is 0 Å². The Labute approximate surface area is 210 Å². The second-order valence-corrected chi connectivity index (χ2v) is 14.1. The van der Waals surface area contributed by atoms with Crippen molar-refractivity contribution in [3.8, 4) is 0 Å². The average molecular weight is 616 g/mol. The quantitative estimate of drug-likeness (QED) is 0.114. The van der Waals surface area contributed by atoms with Gasteiger partial charge in [0.2, 0.25) is 5.91 Å². The van der Waals surface area contributed by atoms with Crippen molar-refractivity contribution in [3.05, 3.63) is 33.1 Å². The predicted molar refractivity (Wildman–Crippen MR) is 125 cm³/mol. The zero-order valence-electron chi connectivity index (χ0n) is 18.3. The van der Waals surface area contributed by atoms with Gasteiger partial charge in [0.05, 0.1) is 12.7 Å². The summed E-state index contributed by atoms with van der Waals surface area (Å²) in [4.78, 5) is 73.0. The molecule has 17 nitrogen and oxygen atoms in total. The van der Waals surface area contributed by atoms with Crippen LogP contribution in [0.5, 0.6) is 0 Å². The molecular formula is C14H23N2O15P3S2. The highest BCUT2D eigenvalue weighted by molar-refractivity contribution is 8.76. The van der Waals surface area contributed by atoms with Crippen LogP contribution in [0.2, 0.25) is 0 Å². The molecule has 2 heterocycles. The third kappa shape index (κ3) is 9.60. The minimum atomic E-state index is -5.73. The van der Waals surface area contributed by atoms with E-state index in [1.165, 1.54) is 21.6 Å². The summed E-state index contributed by atoms with van der Waals surface area (Å²) in [5, 5.41) is 10.2. The topological polar surface area (TPSA) is 250 Å². The molecule has 0 saturated carbocycles. The number of hydrogen-bond donors (Lipinski definition) is 5. The number of hydrogen-bond acceptors (Lipinski definition) is 13. The van der Waals surface area contributed by atoms with E-state index in [9.17, 15) is 38.1 Å². The van der Waals surface area contributed by atoms with E-state index >= 15 is 0 Å². The lowest BCUT2D eigenvalue weighted by Gasteiger charge is -2.19. The van der Waals surface area contributed by atoms with Crippen molar-refractivity contribution in [1.29, 1.82) is 0 Å². The van der Waals surface area contributed by atoms with Crippen molar-refractivity contribution in [2.75, 3.05) is 18.6 Å². The standard InChI is InChI=1S/C14H23N2O15P3S2/c1-35-36-6-2-3-11(18)16-12(19)4-5-15(14(16)20)13-7-9(17)10(29-13)8-28-33(24,25)31-34(26,27)30-32(21,22)23/h4-5,9-10,13,17H,2-3,6-8H2,1H3,(H,24,25)(H,26,27)(H2,21,22,23)/t9?,10-,13-/m1/s1. The first-order chi connectivity index (χ1) is 16.6. The highest BCUT2D eigenvalue weighted by Crippen LogP contribution is 2.66. The van der Waals surface area contributed by atoms with Gasteiger partial charge in [-0.2, -0.15) is 13.2 Å². The Morgan fingerprint density at radius 2 is 1.83 bits per heavy atom. The smallest absolute Gasteiger partial charge is 0.390 e. The highest BCUT2D eigenvalue weighted by atomic mass is 33.1. The molecule has 0 spiro atoms. The van der Waals surface area contributed by atoms with Crippen LogP contribution < -0.4 is 11.2 Å². The second kappa shape index (κ2) is 13.0. The minimum Gasteiger partial charge on any atom is -0.390 e. The van der Waals surface area contributed by atoms with Crippen molar-refractivity contribution >= 4 is 51.0 Å². The molecule has 0 aromatic carbocycles. The summed E-state index contributed by atoms with van der Waals surface area (Å²) in [7, 11) is -13.7. The lowest BCUT2D eigenvalue weighted by molar-refractivity contribution is -0.0453. The van der Waals surface area contributed by atoms with Gasteiger partial charge in [0.25, 0.3) is 5.56 Å². The van der Waals surface area contributed by atoms with Crippen molar-refractivity contribution in [2.45, 2.75) is 37.7 Å². The van der Waals surface area contributed by atoms with Crippen molar-refractivity contribution in [1.82, 2.24) is 9.13 Å². The number of ether oxygens (including phenoxy) is 1. The molecule has 0 radical (unpaired) electrons. The summed E-state index contributed by atoms with van der Waals surface area (Å²) >= 11 is 0. The molecule has 22 heteroatoms. The Hall–Kier alpha value is -0.620. The van der Waals surface area contributed by atoms with Gasteiger partial charge in [0, 0.05) is 30.9 Å². The minimum absolute atomic E-state index is 0.0659. The fraction of sp³-hybridized carbons (Fsp3) is 0.643. The van der Waals surface area contributed by atoms with Crippen LogP contribution in [0.1, 0.15) is 30.3 Å². The maximum atomic E-state index is 12.8. The van der Waals surface area contributed by atoms with E-state index in [0.717, 1.165) is 16.8 Å². The Morgan fingerprint density at radius 1 is 1.17 bits per heavy atom. The van der Waals surface area contributed by atoms with Crippen LogP contribution in [-0.2, 0) is 31.6 Å². The van der Waals surface area contributed by atoms with E-state index in [-0.39, 0.29) is 12.8 Å². The van der Waals surface area contributed by atoms with E-state index < -0.39 is 65.7 Å². The van der Waals surface area contributed by atoms with Crippen molar-refractivity contribution in [3.63, 3.8) is 0 Å². The molecule has 2 rings (SSSR count). The molecule has 0 aliphatic carbocycles. The fourth-order valence-corrected chi connectivity index (χ4v) is 7.24. The third-order valence-corrected chi connectivity index (χ3v) is 10.0. The van der Waals surface area contributed by atoms with E-state index in [4.69, 9.17) is 19.4 Å². The second-order valence-electron chi connectivity index (χ2n) is 6.98. The number of aliphatic hydroxyl groups is 1. The van der Waals surface area contributed by atoms with Gasteiger partial charge in [-0.25, -0.2) is 18.5 Å². The molecule has 206 valence electrons. The summed E-state index contributed by atoms with van der Waals surface area (Å²) in [5.74, 6) is -0.110. The maximum absolute atomic E-state index is 12.8. The van der Waals surface area contributed by atoms with E-state index in [1.54, 1.807) is 0 Å². The molecule has 1 aliphatic heterocycles. The van der Waals surface area contributed by atoms with Crippen LogP contribution in [0, 0.1) is 0 Å². The maximum Gasteiger partial charge on any atom is 0.490 e. The van der Waals surface area contributed by atoms with Gasteiger partial charge in [-0.15, -0.1) is 0 Å². The van der Waals surface area contributed by atoms with E-state index in [0.29, 0.717) is 16.7 Å². The molecule has 1 saturated heterocycles. The number of carbonyl (C=O) groups excluding carboxylic acids is 1. The van der Waals surface area contributed by atoms with E-state index in [1.807, 2.05) is 6.26 Å².